The molecule has 0 aliphatic carbocycles. The number of anilines is 2. The summed E-state index contributed by atoms with van der Waals surface area (Å²) < 4.78 is 5.33. The minimum absolute atomic E-state index is 0.654. The molecule has 1 aliphatic rings. The lowest BCUT2D eigenvalue weighted by Crippen LogP contribution is -2.36. The Hall–Kier alpha value is -0.930. The Morgan fingerprint density at radius 2 is 2.06 bits per heavy atom. The lowest BCUT2D eigenvalue weighted by Gasteiger charge is -2.29. The monoisotopic (exact) mass is 240 g/mol. The summed E-state index contributed by atoms with van der Waals surface area (Å²) in [7, 11) is 0. The number of rotatable bonds is 2. The van der Waals surface area contributed by atoms with Gasteiger partial charge in [-0.25, -0.2) is 0 Å². The number of halogens is 1. The number of nitrogens with two attached hydrogens (primary N) is 1. The quantitative estimate of drug-likeness (QED) is 0.807. The van der Waals surface area contributed by atoms with Gasteiger partial charge in [-0.15, -0.1) is 0 Å². The van der Waals surface area contributed by atoms with Crippen molar-refractivity contribution in [3.8, 4) is 0 Å². The first kappa shape index (κ1) is 11.6. The number of hydrogen-bond donors (Lipinski definition) is 1. The van der Waals surface area contributed by atoms with Crippen molar-refractivity contribution < 1.29 is 4.74 Å². The largest absolute Gasteiger partial charge is 0.397 e. The predicted octanol–water partition coefficient (Wildman–Crippen LogP) is 2.32. The van der Waals surface area contributed by atoms with Crippen LogP contribution in [-0.2, 0) is 11.2 Å². The molecule has 1 saturated heterocycles. The maximum absolute atomic E-state index is 6.13. The summed E-state index contributed by atoms with van der Waals surface area (Å²) in [5.74, 6) is 0. The van der Waals surface area contributed by atoms with Gasteiger partial charge in [0.2, 0.25) is 0 Å². The Labute approximate surface area is 101 Å². The van der Waals surface area contributed by atoms with Crippen LogP contribution in [0.5, 0.6) is 0 Å². The Balaban J connectivity index is 2.29. The van der Waals surface area contributed by atoms with E-state index in [-0.39, 0.29) is 0 Å². The van der Waals surface area contributed by atoms with Gasteiger partial charge in [0.1, 0.15) is 0 Å². The predicted molar refractivity (Wildman–Crippen MR) is 68.3 cm³/mol. The number of ether oxygens (including phenoxy) is 1. The minimum Gasteiger partial charge on any atom is -0.397 e. The second kappa shape index (κ2) is 4.93. The van der Waals surface area contributed by atoms with Crippen LogP contribution in [0.2, 0.25) is 5.02 Å². The summed E-state index contributed by atoms with van der Waals surface area (Å²) in [6.07, 6.45) is 0.906. The molecule has 0 unspecified atom stereocenters. The first-order valence-electron chi connectivity index (χ1n) is 5.63. The zero-order chi connectivity index (χ0) is 11.5. The molecule has 0 aromatic heterocycles. The maximum Gasteiger partial charge on any atom is 0.0658 e. The molecular formula is C12H17ClN2O. The highest BCUT2D eigenvalue weighted by atomic mass is 35.5. The first-order valence-corrected chi connectivity index (χ1v) is 6.00. The van der Waals surface area contributed by atoms with Gasteiger partial charge in [0, 0.05) is 18.8 Å². The van der Waals surface area contributed by atoms with E-state index in [4.69, 9.17) is 22.1 Å². The fraction of sp³-hybridized carbons (Fsp3) is 0.500. The van der Waals surface area contributed by atoms with Crippen molar-refractivity contribution >= 4 is 23.0 Å². The van der Waals surface area contributed by atoms with Crippen LogP contribution in [0.1, 0.15) is 12.5 Å². The van der Waals surface area contributed by atoms with Crippen molar-refractivity contribution in [1.29, 1.82) is 0 Å². The van der Waals surface area contributed by atoms with E-state index in [2.05, 4.69) is 17.9 Å². The van der Waals surface area contributed by atoms with E-state index in [1.807, 2.05) is 6.07 Å². The number of hydrogen-bond acceptors (Lipinski definition) is 3. The number of aryl methyl sites for hydroxylation is 1. The molecule has 1 aromatic rings. The van der Waals surface area contributed by atoms with E-state index in [1.165, 1.54) is 0 Å². The number of morpholine rings is 1. The van der Waals surface area contributed by atoms with E-state index in [0.29, 0.717) is 10.7 Å². The third-order valence-corrected chi connectivity index (χ3v) is 3.27. The molecule has 0 saturated carbocycles. The highest BCUT2D eigenvalue weighted by Crippen LogP contribution is 2.30. The maximum atomic E-state index is 6.13. The fourth-order valence-electron chi connectivity index (χ4n) is 1.96. The molecule has 0 radical (unpaired) electrons. The average molecular weight is 241 g/mol. The van der Waals surface area contributed by atoms with Gasteiger partial charge in [0.25, 0.3) is 0 Å². The third kappa shape index (κ3) is 2.25. The molecule has 0 spiro atoms. The van der Waals surface area contributed by atoms with Gasteiger partial charge < -0.3 is 15.4 Å². The number of nitrogens with zero attached hydrogens (tertiary/aromatic N) is 1. The molecule has 1 heterocycles. The Kier molecular flexibility index (Phi) is 3.56. The number of nitrogen functional groups attached to an aromatic ring is 1. The van der Waals surface area contributed by atoms with Gasteiger partial charge in [-0.1, -0.05) is 18.5 Å². The van der Waals surface area contributed by atoms with Crippen LogP contribution in [0.15, 0.2) is 12.1 Å². The normalized spacial score (nSPS) is 16.5. The SMILES string of the molecule is CCc1cc(N2CCOCC2)cc(Cl)c1N. The van der Waals surface area contributed by atoms with Gasteiger partial charge in [0.15, 0.2) is 0 Å². The molecule has 2 N–H and O–H groups in total. The summed E-state index contributed by atoms with van der Waals surface area (Å²) in [6, 6.07) is 4.08. The van der Waals surface area contributed by atoms with Crippen molar-refractivity contribution in [1.82, 2.24) is 0 Å². The number of benzene rings is 1. The van der Waals surface area contributed by atoms with Crippen LogP contribution in [0, 0.1) is 0 Å². The second-order valence-corrected chi connectivity index (χ2v) is 4.36. The van der Waals surface area contributed by atoms with Crippen LogP contribution >= 0.6 is 11.6 Å². The van der Waals surface area contributed by atoms with E-state index in [0.717, 1.165) is 44.0 Å². The van der Waals surface area contributed by atoms with Crippen molar-refractivity contribution in [2.75, 3.05) is 36.9 Å². The Bertz CT molecular complexity index is 376. The minimum atomic E-state index is 0.654. The molecule has 3 nitrogen and oxygen atoms in total. The molecule has 4 heteroatoms. The standard InChI is InChI=1S/C12H17ClN2O/c1-2-9-7-10(8-11(13)12(9)14)15-3-5-16-6-4-15/h7-8H,2-6,14H2,1H3. The molecule has 88 valence electrons. The molecule has 16 heavy (non-hydrogen) atoms. The molecule has 0 bridgehead atoms. The molecular weight excluding hydrogens is 224 g/mol. The molecule has 2 rings (SSSR count). The Morgan fingerprint density at radius 1 is 1.38 bits per heavy atom. The van der Waals surface area contributed by atoms with Crippen molar-refractivity contribution in [3.05, 3.63) is 22.7 Å². The van der Waals surface area contributed by atoms with Gasteiger partial charge in [-0.3, -0.25) is 0 Å². The van der Waals surface area contributed by atoms with Crippen LogP contribution in [0.25, 0.3) is 0 Å². The van der Waals surface area contributed by atoms with Crippen molar-refractivity contribution in [3.63, 3.8) is 0 Å². The van der Waals surface area contributed by atoms with Gasteiger partial charge in [-0.2, -0.15) is 0 Å². The van der Waals surface area contributed by atoms with Crippen LogP contribution in [0.4, 0.5) is 11.4 Å². The molecule has 1 aliphatic heterocycles. The van der Waals surface area contributed by atoms with Gasteiger partial charge in [-0.05, 0) is 24.1 Å². The summed E-state index contributed by atoms with van der Waals surface area (Å²) in [5.41, 5.74) is 8.90. The summed E-state index contributed by atoms with van der Waals surface area (Å²) >= 11 is 6.13. The van der Waals surface area contributed by atoms with Gasteiger partial charge in [0.05, 0.1) is 23.9 Å². The molecule has 0 atom stereocenters. The van der Waals surface area contributed by atoms with Crippen LogP contribution in [-0.4, -0.2) is 26.3 Å². The zero-order valence-corrected chi connectivity index (χ0v) is 10.3. The molecule has 0 amide bonds. The summed E-state index contributed by atoms with van der Waals surface area (Å²) in [6.45, 7) is 5.49. The van der Waals surface area contributed by atoms with Crippen molar-refractivity contribution in [2.24, 2.45) is 0 Å². The van der Waals surface area contributed by atoms with E-state index in [9.17, 15) is 0 Å². The van der Waals surface area contributed by atoms with Crippen LogP contribution in [0.3, 0.4) is 0 Å². The van der Waals surface area contributed by atoms with Crippen molar-refractivity contribution in [2.45, 2.75) is 13.3 Å². The van der Waals surface area contributed by atoms with E-state index >= 15 is 0 Å². The topological polar surface area (TPSA) is 38.5 Å². The highest BCUT2D eigenvalue weighted by Gasteiger charge is 2.14. The Morgan fingerprint density at radius 3 is 2.69 bits per heavy atom. The lowest BCUT2D eigenvalue weighted by molar-refractivity contribution is 0.122. The molecule has 1 aromatic carbocycles. The fourth-order valence-corrected chi connectivity index (χ4v) is 2.19. The van der Waals surface area contributed by atoms with E-state index in [1.54, 1.807) is 0 Å². The second-order valence-electron chi connectivity index (χ2n) is 3.95. The summed E-state index contributed by atoms with van der Waals surface area (Å²) in [5, 5.41) is 0.654. The average Bonchev–Trinajstić information content (AvgIpc) is 2.33. The highest BCUT2D eigenvalue weighted by molar-refractivity contribution is 6.33. The lowest BCUT2D eigenvalue weighted by atomic mass is 10.1. The first-order chi connectivity index (χ1) is 7.72. The van der Waals surface area contributed by atoms with E-state index < -0.39 is 0 Å². The van der Waals surface area contributed by atoms with Gasteiger partial charge >= 0.3 is 0 Å². The summed E-state index contributed by atoms with van der Waals surface area (Å²) in [4.78, 5) is 2.29. The smallest absolute Gasteiger partial charge is 0.0658 e. The molecule has 1 fully saturated rings. The van der Waals surface area contributed by atoms with Crippen LogP contribution < -0.4 is 10.6 Å². The third-order valence-electron chi connectivity index (χ3n) is 2.96. The zero-order valence-electron chi connectivity index (χ0n) is 9.50.